The maximum atomic E-state index is 11.8. The molecule has 6 nitrogen and oxygen atoms in total. The quantitative estimate of drug-likeness (QED) is 0.838. The molecule has 0 spiro atoms. The molecule has 1 saturated heterocycles. The number of anilines is 1. The Labute approximate surface area is 121 Å². The molecule has 1 atom stereocenters. The van der Waals surface area contributed by atoms with Crippen LogP contribution in [0.25, 0.3) is 0 Å². The van der Waals surface area contributed by atoms with Crippen molar-refractivity contribution in [2.45, 2.75) is 12.5 Å². The van der Waals surface area contributed by atoms with Crippen LogP contribution < -0.4 is 4.90 Å². The number of carboxylic acid groups (broad SMARTS) is 1. The average molecular weight is 296 g/mol. The molecule has 1 aliphatic rings. The van der Waals surface area contributed by atoms with Crippen LogP contribution in [0, 0.1) is 0 Å². The maximum absolute atomic E-state index is 11.8. The minimum atomic E-state index is -0.849. The van der Waals surface area contributed by atoms with Gasteiger partial charge in [0.2, 0.25) is 0 Å². The molecule has 2 rings (SSSR count). The van der Waals surface area contributed by atoms with E-state index in [1.165, 1.54) is 7.11 Å². The second-order valence-corrected chi connectivity index (χ2v) is 5.54. The Morgan fingerprint density at radius 1 is 1.60 bits per heavy atom. The third-order valence-corrected chi connectivity index (χ3v) is 4.19. The van der Waals surface area contributed by atoms with Crippen LogP contribution in [0.15, 0.2) is 18.3 Å². The summed E-state index contributed by atoms with van der Waals surface area (Å²) in [6.45, 7) is 0.670. The van der Waals surface area contributed by atoms with Gasteiger partial charge in [0.25, 0.3) is 0 Å². The zero-order valence-corrected chi connectivity index (χ0v) is 11.9. The number of carboxylic acids is 1. The van der Waals surface area contributed by atoms with E-state index in [-0.39, 0.29) is 12.5 Å². The van der Waals surface area contributed by atoms with Crippen molar-refractivity contribution in [1.29, 1.82) is 0 Å². The lowest BCUT2D eigenvalue weighted by Gasteiger charge is -2.36. The fourth-order valence-electron chi connectivity index (χ4n) is 2.20. The standard InChI is InChI=1S/C13H16N2O4S/c1-19-13(18)10-3-2-4-14-12(10)15-5-6-20-8-9(15)7-11(16)17/h2-4,9H,5-8H2,1H3,(H,16,17). The Bertz CT molecular complexity index is 509. The van der Waals surface area contributed by atoms with Crippen molar-refractivity contribution in [2.24, 2.45) is 0 Å². The lowest BCUT2D eigenvalue weighted by Crippen LogP contribution is -2.44. The van der Waals surface area contributed by atoms with E-state index in [1.54, 1.807) is 30.1 Å². The summed E-state index contributed by atoms with van der Waals surface area (Å²) in [4.78, 5) is 28.9. The number of aromatic nitrogens is 1. The Balaban J connectivity index is 2.32. The van der Waals surface area contributed by atoms with E-state index < -0.39 is 11.9 Å². The zero-order chi connectivity index (χ0) is 14.5. The highest BCUT2D eigenvalue weighted by Crippen LogP contribution is 2.27. The first kappa shape index (κ1) is 14.6. The van der Waals surface area contributed by atoms with Crippen LogP contribution in [0.3, 0.4) is 0 Å². The van der Waals surface area contributed by atoms with Crippen LogP contribution in [0.5, 0.6) is 0 Å². The van der Waals surface area contributed by atoms with Gasteiger partial charge in [-0.2, -0.15) is 11.8 Å². The number of hydrogen-bond acceptors (Lipinski definition) is 6. The molecule has 108 valence electrons. The van der Waals surface area contributed by atoms with Crippen molar-refractivity contribution in [3.8, 4) is 0 Å². The highest BCUT2D eigenvalue weighted by atomic mass is 32.2. The van der Waals surface area contributed by atoms with E-state index in [9.17, 15) is 9.59 Å². The van der Waals surface area contributed by atoms with Crippen LogP contribution >= 0.6 is 11.8 Å². The van der Waals surface area contributed by atoms with Gasteiger partial charge in [-0.25, -0.2) is 9.78 Å². The largest absolute Gasteiger partial charge is 0.481 e. The van der Waals surface area contributed by atoms with Gasteiger partial charge in [0, 0.05) is 30.3 Å². The van der Waals surface area contributed by atoms with E-state index in [0.717, 1.165) is 5.75 Å². The fraction of sp³-hybridized carbons (Fsp3) is 0.462. The lowest BCUT2D eigenvalue weighted by atomic mass is 10.1. The summed E-state index contributed by atoms with van der Waals surface area (Å²) < 4.78 is 4.76. The van der Waals surface area contributed by atoms with Crippen LogP contribution in [-0.2, 0) is 9.53 Å². The van der Waals surface area contributed by atoms with Crippen molar-refractivity contribution in [3.63, 3.8) is 0 Å². The van der Waals surface area contributed by atoms with E-state index in [1.807, 2.05) is 4.90 Å². The molecule has 0 radical (unpaired) electrons. The Kier molecular flexibility index (Phi) is 4.84. The molecule has 20 heavy (non-hydrogen) atoms. The Hall–Kier alpha value is -1.76. The normalized spacial score (nSPS) is 18.6. The number of ether oxygens (including phenoxy) is 1. The molecule has 0 bridgehead atoms. The number of carbonyl (C=O) groups is 2. The van der Waals surface area contributed by atoms with Gasteiger partial charge in [0.1, 0.15) is 11.4 Å². The van der Waals surface area contributed by atoms with E-state index in [2.05, 4.69) is 4.98 Å². The lowest BCUT2D eigenvalue weighted by molar-refractivity contribution is -0.137. The highest BCUT2D eigenvalue weighted by Gasteiger charge is 2.29. The predicted molar refractivity (Wildman–Crippen MR) is 76.3 cm³/mol. The molecular formula is C13H16N2O4S. The van der Waals surface area contributed by atoms with Gasteiger partial charge in [-0.3, -0.25) is 4.79 Å². The topological polar surface area (TPSA) is 79.7 Å². The first-order chi connectivity index (χ1) is 9.63. The second-order valence-electron chi connectivity index (χ2n) is 4.39. The number of methoxy groups -OCH3 is 1. The molecule has 7 heteroatoms. The molecule has 1 aliphatic heterocycles. The number of aliphatic carboxylic acids is 1. The Morgan fingerprint density at radius 3 is 3.10 bits per heavy atom. The van der Waals surface area contributed by atoms with Crippen LogP contribution in [0.2, 0.25) is 0 Å². The number of nitrogens with zero attached hydrogens (tertiary/aromatic N) is 2. The molecule has 1 aromatic rings. The summed E-state index contributed by atoms with van der Waals surface area (Å²) in [5.74, 6) is 0.793. The van der Waals surface area contributed by atoms with Crippen LogP contribution in [0.4, 0.5) is 5.82 Å². The fourth-order valence-corrected chi connectivity index (χ4v) is 3.26. The Morgan fingerprint density at radius 2 is 2.40 bits per heavy atom. The van der Waals surface area contributed by atoms with Crippen molar-refractivity contribution >= 4 is 29.5 Å². The van der Waals surface area contributed by atoms with Crippen molar-refractivity contribution in [3.05, 3.63) is 23.9 Å². The number of hydrogen-bond donors (Lipinski definition) is 1. The summed E-state index contributed by atoms with van der Waals surface area (Å²) >= 11 is 1.71. The van der Waals surface area contributed by atoms with Crippen LogP contribution in [-0.4, -0.2) is 53.2 Å². The van der Waals surface area contributed by atoms with Crippen LogP contribution in [0.1, 0.15) is 16.8 Å². The van der Waals surface area contributed by atoms with E-state index >= 15 is 0 Å². The van der Waals surface area contributed by atoms with E-state index in [4.69, 9.17) is 9.84 Å². The number of thioether (sulfide) groups is 1. The van der Waals surface area contributed by atoms with Gasteiger partial charge in [-0.1, -0.05) is 0 Å². The summed E-state index contributed by atoms with van der Waals surface area (Å²) in [7, 11) is 1.32. The SMILES string of the molecule is COC(=O)c1cccnc1N1CCSCC1CC(=O)O. The monoisotopic (exact) mass is 296 g/mol. The van der Waals surface area contributed by atoms with Crippen molar-refractivity contribution < 1.29 is 19.4 Å². The molecule has 1 aromatic heterocycles. The summed E-state index contributed by atoms with van der Waals surface area (Å²) in [5, 5.41) is 9.01. The van der Waals surface area contributed by atoms with Crippen molar-refractivity contribution in [1.82, 2.24) is 4.98 Å². The number of pyridine rings is 1. The molecule has 0 saturated carbocycles. The number of carbonyl (C=O) groups excluding carboxylic acids is 1. The second kappa shape index (κ2) is 6.60. The molecule has 1 fully saturated rings. The summed E-state index contributed by atoms with van der Waals surface area (Å²) in [6.07, 6.45) is 1.63. The van der Waals surface area contributed by atoms with Gasteiger partial charge in [0.05, 0.1) is 13.5 Å². The molecule has 1 unspecified atom stereocenters. The van der Waals surface area contributed by atoms with Gasteiger partial charge in [-0.05, 0) is 12.1 Å². The summed E-state index contributed by atoms with van der Waals surface area (Å²) in [5.41, 5.74) is 0.372. The minimum Gasteiger partial charge on any atom is -0.481 e. The third kappa shape index (κ3) is 3.22. The van der Waals surface area contributed by atoms with Gasteiger partial charge >= 0.3 is 11.9 Å². The highest BCUT2D eigenvalue weighted by molar-refractivity contribution is 7.99. The van der Waals surface area contributed by atoms with Crippen molar-refractivity contribution in [2.75, 3.05) is 30.1 Å². The maximum Gasteiger partial charge on any atom is 0.341 e. The number of esters is 1. The molecule has 0 aromatic carbocycles. The third-order valence-electron chi connectivity index (χ3n) is 3.10. The molecule has 0 aliphatic carbocycles. The molecule has 0 amide bonds. The first-order valence-electron chi connectivity index (χ1n) is 6.23. The average Bonchev–Trinajstić information content (AvgIpc) is 2.46. The minimum absolute atomic E-state index is 0.0319. The predicted octanol–water partition coefficient (Wildman–Crippen LogP) is 1.26. The van der Waals surface area contributed by atoms with Gasteiger partial charge in [-0.15, -0.1) is 0 Å². The van der Waals surface area contributed by atoms with Gasteiger partial charge < -0.3 is 14.7 Å². The van der Waals surface area contributed by atoms with E-state index in [0.29, 0.717) is 23.7 Å². The molecule has 1 N–H and O–H groups in total. The smallest absolute Gasteiger partial charge is 0.341 e. The molecular weight excluding hydrogens is 280 g/mol. The summed E-state index contributed by atoms with van der Waals surface area (Å²) in [6, 6.07) is 3.15. The zero-order valence-electron chi connectivity index (χ0n) is 11.1. The number of rotatable bonds is 4. The van der Waals surface area contributed by atoms with Gasteiger partial charge in [0.15, 0.2) is 0 Å². The molecule has 2 heterocycles. The first-order valence-corrected chi connectivity index (χ1v) is 7.38.